The van der Waals surface area contributed by atoms with Crippen molar-refractivity contribution < 1.29 is 19.4 Å². The molecule has 0 fully saturated rings. The summed E-state index contributed by atoms with van der Waals surface area (Å²) in [5.74, 6) is -1.36. The molecule has 1 rings (SSSR count). The van der Waals surface area contributed by atoms with E-state index < -0.39 is 17.5 Å². The number of aromatic nitrogens is 2. The lowest BCUT2D eigenvalue weighted by Gasteiger charge is -2.28. The van der Waals surface area contributed by atoms with Crippen molar-refractivity contribution in [2.45, 2.75) is 32.2 Å². The molecule has 0 spiro atoms. The van der Waals surface area contributed by atoms with Crippen molar-refractivity contribution in [1.29, 1.82) is 0 Å². The third-order valence-electron chi connectivity index (χ3n) is 3.01. The van der Waals surface area contributed by atoms with Crippen LogP contribution in [0.3, 0.4) is 0 Å². The fourth-order valence-corrected chi connectivity index (χ4v) is 1.66. The molecule has 0 aliphatic carbocycles. The second-order valence-corrected chi connectivity index (χ2v) is 4.00. The minimum atomic E-state index is -1.12. The Morgan fingerprint density at radius 2 is 2.00 bits per heavy atom. The number of anilines is 1. The van der Waals surface area contributed by atoms with Gasteiger partial charge < -0.3 is 15.2 Å². The molecule has 0 radical (unpaired) electrons. The number of aliphatic carboxylic acids is 1. The smallest absolute Gasteiger partial charge is 0.358 e. The van der Waals surface area contributed by atoms with Crippen molar-refractivity contribution in [3.05, 3.63) is 18.1 Å². The van der Waals surface area contributed by atoms with Gasteiger partial charge >= 0.3 is 11.9 Å². The minimum Gasteiger partial charge on any atom is -0.480 e. The molecule has 7 nitrogen and oxygen atoms in total. The molecule has 0 saturated carbocycles. The molecule has 2 N–H and O–H groups in total. The Hall–Kier alpha value is -2.18. The monoisotopic (exact) mass is 267 g/mol. The maximum absolute atomic E-state index is 11.4. The summed E-state index contributed by atoms with van der Waals surface area (Å²) in [7, 11) is 1.24. The summed E-state index contributed by atoms with van der Waals surface area (Å²) in [4.78, 5) is 30.5. The normalized spacial score (nSPS) is 10.9. The van der Waals surface area contributed by atoms with Gasteiger partial charge in [-0.05, 0) is 12.8 Å². The molecule has 0 bridgehead atoms. The average molecular weight is 267 g/mol. The topological polar surface area (TPSA) is 101 Å². The molecule has 0 atom stereocenters. The molecule has 7 heteroatoms. The van der Waals surface area contributed by atoms with E-state index in [4.69, 9.17) is 0 Å². The van der Waals surface area contributed by atoms with Crippen LogP contribution < -0.4 is 5.32 Å². The number of hydrogen-bond donors (Lipinski definition) is 2. The van der Waals surface area contributed by atoms with Gasteiger partial charge in [0.25, 0.3) is 0 Å². The summed E-state index contributed by atoms with van der Waals surface area (Å²) in [5, 5.41) is 12.1. The van der Waals surface area contributed by atoms with E-state index in [1.807, 2.05) is 0 Å². The number of hydrogen-bond acceptors (Lipinski definition) is 6. The van der Waals surface area contributed by atoms with E-state index in [1.165, 1.54) is 19.5 Å². The van der Waals surface area contributed by atoms with E-state index in [0.717, 1.165) is 0 Å². The lowest BCUT2D eigenvalue weighted by atomic mass is 9.93. The molecular formula is C12H17N3O4. The molecule has 1 aromatic heterocycles. The summed E-state index contributed by atoms with van der Waals surface area (Å²) in [5.41, 5.74) is -1.09. The molecule has 104 valence electrons. The number of rotatable bonds is 6. The van der Waals surface area contributed by atoms with Crippen LogP contribution >= 0.6 is 0 Å². The quantitative estimate of drug-likeness (QED) is 0.749. The van der Waals surface area contributed by atoms with E-state index in [0.29, 0.717) is 12.8 Å². The first-order chi connectivity index (χ1) is 8.99. The van der Waals surface area contributed by atoms with Crippen LogP contribution in [0.4, 0.5) is 5.82 Å². The summed E-state index contributed by atoms with van der Waals surface area (Å²) in [6.45, 7) is 3.53. The fraction of sp³-hybridized carbons (Fsp3) is 0.500. The number of carbonyl (C=O) groups is 2. The van der Waals surface area contributed by atoms with Crippen LogP contribution in [0, 0.1) is 0 Å². The molecule has 0 unspecified atom stereocenters. The third kappa shape index (κ3) is 3.18. The number of ether oxygens (including phenoxy) is 1. The molecule has 0 aliphatic rings. The maximum atomic E-state index is 11.4. The Balaban J connectivity index is 3.04. The zero-order valence-electron chi connectivity index (χ0n) is 11.1. The molecular weight excluding hydrogens is 250 g/mol. The highest BCUT2D eigenvalue weighted by molar-refractivity contribution is 5.87. The van der Waals surface area contributed by atoms with Crippen LogP contribution in [0.5, 0.6) is 0 Å². The fourth-order valence-electron chi connectivity index (χ4n) is 1.66. The second kappa shape index (κ2) is 6.12. The van der Waals surface area contributed by atoms with Crippen LogP contribution in [-0.2, 0) is 9.53 Å². The highest BCUT2D eigenvalue weighted by atomic mass is 16.5. The zero-order valence-corrected chi connectivity index (χ0v) is 11.1. The highest BCUT2D eigenvalue weighted by Gasteiger charge is 2.35. The summed E-state index contributed by atoms with van der Waals surface area (Å²) in [6.07, 6.45) is 3.39. The summed E-state index contributed by atoms with van der Waals surface area (Å²) in [6, 6.07) is 0. The molecule has 0 saturated heterocycles. The standard InChI is InChI=1S/C12H17N3O4/c1-4-12(5-2,11(17)18)15-9-7-13-6-8(14-9)10(16)19-3/h6-7H,4-5H2,1-3H3,(H,14,15)(H,17,18). The van der Waals surface area contributed by atoms with Gasteiger partial charge in [0.2, 0.25) is 0 Å². The SMILES string of the molecule is CCC(CC)(Nc1cncc(C(=O)OC)n1)C(=O)O. The van der Waals surface area contributed by atoms with Gasteiger partial charge in [0.15, 0.2) is 5.69 Å². The number of esters is 1. The molecule has 1 aromatic rings. The van der Waals surface area contributed by atoms with Gasteiger partial charge in [0.1, 0.15) is 11.4 Å². The number of carboxylic acids is 1. The van der Waals surface area contributed by atoms with Crippen molar-refractivity contribution in [3.63, 3.8) is 0 Å². The first kappa shape index (κ1) is 14.9. The lowest BCUT2D eigenvalue weighted by Crippen LogP contribution is -2.45. The lowest BCUT2D eigenvalue weighted by molar-refractivity contribution is -0.142. The van der Waals surface area contributed by atoms with Gasteiger partial charge in [-0.15, -0.1) is 0 Å². The van der Waals surface area contributed by atoms with Crippen LogP contribution in [0.2, 0.25) is 0 Å². The highest BCUT2D eigenvalue weighted by Crippen LogP contribution is 2.21. The number of nitrogens with one attached hydrogen (secondary N) is 1. The van der Waals surface area contributed by atoms with Gasteiger partial charge in [0, 0.05) is 0 Å². The number of nitrogens with zero attached hydrogens (tertiary/aromatic N) is 2. The van der Waals surface area contributed by atoms with Gasteiger partial charge in [0.05, 0.1) is 19.5 Å². The molecule has 0 aliphatic heterocycles. The van der Waals surface area contributed by atoms with Crippen LogP contribution in [0.25, 0.3) is 0 Å². The second-order valence-electron chi connectivity index (χ2n) is 4.00. The number of carbonyl (C=O) groups excluding carboxylic acids is 1. The number of methoxy groups -OCH3 is 1. The first-order valence-corrected chi connectivity index (χ1v) is 5.91. The summed E-state index contributed by atoms with van der Waals surface area (Å²) < 4.78 is 4.54. The van der Waals surface area contributed by atoms with Crippen molar-refractivity contribution in [2.75, 3.05) is 12.4 Å². The predicted octanol–water partition coefficient (Wildman–Crippen LogP) is 1.32. The third-order valence-corrected chi connectivity index (χ3v) is 3.01. The molecule has 0 amide bonds. The van der Waals surface area contributed by atoms with Gasteiger partial charge in [-0.3, -0.25) is 4.98 Å². The van der Waals surface area contributed by atoms with E-state index in [9.17, 15) is 14.7 Å². The Kier molecular flexibility index (Phi) is 4.80. The van der Waals surface area contributed by atoms with Crippen molar-refractivity contribution in [1.82, 2.24) is 9.97 Å². The Labute approximate surface area is 111 Å². The van der Waals surface area contributed by atoms with Gasteiger partial charge in [-0.25, -0.2) is 14.6 Å². The summed E-state index contributed by atoms with van der Waals surface area (Å²) >= 11 is 0. The molecule has 1 heterocycles. The van der Waals surface area contributed by atoms with Crippen molar-refractivity contribution >= 4 is 17.8 Å². The Bertz CT molecular complexity index is 472. The predicted molar refractivity (Wildman–Crippen MR) is 67.9 cm³/mol. The van der Waals surface area contributed by atoms with Crippen molar-refractivity contribution in [2.24, 2.45) is 0 Å². The van der Waals surface area contributed by atoms with Crippen LogP contribution in [0.15, 0.2) is 12.4 Å². The van der Waals surface area contributed by atoms with E-state index in [-0.39, 0.29) is 11.5 Å². The largest absolute Gasteiger partial charge is 0.480 e. The van der Waals surface area contributed by atoms with Crippen molar-refractivity contribution in [3.8, 4) is 0 Å². The maximum Gasteiger partial charge on any atom is 0.358 e. The Morgan fingerprint density at radius 3 is 2.47 bits per heavy atom. The number of carboxylic acid groups (broad SMARTS) is 1. The first-order valence-electron chi connectivity index (χ1n) is 5.91. The molecule has 0 aromatic carbocycles. The zero-order chi connectivity index (χ0) is 14.5. The van der Waals surface area contributed by atoms with Gasteiger partial charge in [-0.1, -0.05) is 13.8 Å². The van der Waals surface area contributed by atoms with E-state index in [2.05, 4.69) is 20.0 Å². The van der Waals surface area contributed by atoms with Gasteiger partial charge in [-0.2, -0.15) is 0 Å². The van der Waals surface area contributed by atoms with E-state index in [1.54, 1.807) is 13.8 Å². The van der Waals surface area contributed by atoms with Crippen LogP contribution in [0.1, 0.15) is 37.2 Å². The van der Waals surface area contributed by atoms with Crippen LogP contribution in [-0.4, -0.2) is 39.7 Å². The Morgan fingerprint density at radius 1 is 1.37 bits per heavy atom. The molecule has 19 heavy (non-hydrogen) atoms. The van der Waals surface area contributed by atoms with E-state index >= 15 is 0 Å². The average Bonchev–Trinajstić information content (AvgIpc) is 2.44. The minimum absolute atomic E-state index is 0.0268.